The Hall–Kier alpha value is -3.59. The molecule has 234 valence electrons. The van der Waals surface area contributed by atoms with Crippen LogP contribution in [0.3, 0.4) is 0 Å². The first kappa shape index (κ1) is 37.4. The van der Waals surface area contributed by atoms with Gasteiger partial charge < -0.3 is 47.3 Å². The summed E-state index contributed by atoms with van der Waals surface area (Å²) >= 11 is 0. The summed E-state index contributed by atoms with van der Waals surface area (Å²) in [6, 6.07) is -7.21. The minimum absolute atomic E-state index is 0.101. The predicted molar refractivity (Wildman–Crippen MR) is 148 cm³/mol. The highest BCUT2D eigenvalue weighted by Gasteiger charge is 2.34. The molecule has 0 rings (SSSR count). The van der Waals surface area contributed by atoms with E-state index in [0.717, 1.165) is 0 Å². The van der Waals surface area contributed by atoms with Gasteiger partial charge in [-0.15, -0.1) is 0 Å². The summed E-state index contributed by atoms with van der Waals surface area (Å²) in [5.74, 6) is -5.61. The number of hydrogen-bond donors (Lipinski definition) is 8. The van der Waals surface area contributed by atoms with E-state index < -0.39 is 84.3 Å². The van der Waals surface area contributed by atoms with Gasteiger partial charge in [-0.05, 0) is 45.4 Å². The van der Waals surface area contributed by atoms with Gasteiger partial charge in [0.25, 0.3) is 0 Å². The Bertz CT molecular complexity index is 938. The number of amides is 5. The van der Waals surface area contributed by atoms with Gasteiger partial charge in [-0.3, -0.25) is 28.8 Å². The number of rotatable bonds is 18. The molecule has 0 aromatic rings. The van der Waals surface area contributed by atoms with Gasteiger partial charge in [0.1, 0.15) is 30.5 Å². The molecule has 9 N–H and O–H groups in total. The zero-order valence-corrected chi connectivity index (χ0v) is 24.7. The molecule has 0 bridgehead atoms. The molecule has 0 spiro atoms. The van der Waals surface area contributed by atoms with Crippen molar-refractivity contribution in [3.63, 3.8) is 0 Å². The van der Waals surface area contributed by atoms with Crippen LogP contribution in [0.5, 0.6) is 0 Å². The summed E-state index contributed by atoms with van der Waals surface area (Å²) in [6.07, 6.45) is -1.42. The number of aliphatic hydroxyl groups is 1. The van der Waals surface area contributed by atoms with E-state index in [1.165, 1.54) is 20.8 Å². The summed E-state index contributed by atoms with van der Waals surface area (Å²) in [5, 5.41) is 31.3. The Balaban J connectivity index is 5.94. The maximum absolute atomic E-state index is 13.3. The van der Waals surface area contributed by atoms with Crippen LogP contribution in [0, 0.1) is 11.8 Å². The van der Waals surface area contributed by atoms with Crippen LogP contribution in [0.15, 0.2) is 0 Å². The molecule has 15 nitrogen and oxygen atoms in total. The van der Waals surface area contributed by atoms with E-state index in [1.54, 1.807) is 27.7 Å². The fraction of sp³-hybridized carbons (Fsp3) is 0.731. The van der Waals surface area contributed by atoms with Crippen LogP contribution in [0.1, 0.15) is 67.7 Å². The van der Waals surface area contributed by atoms with Crippen LogP contribution in [-0.2, 0) is 33.6 Å². The molecule has 0 unspecified atom stereocenters. The number of aliphatic hydroxyl groups excluding tert-OH is 1. The Labute approximate surface area is 240 Å². The first-order valence-electron chi connectivity index (χ1n) is 13.5. The average molecular weight is 587 g/mol. The zero-order valence-electron chi connectivity index (χ0n) is 24.7. The van der Waals surface area contributed by atoms with Crippen molar-refractivity contribution in [1.29, 1.82) is 0 Å². The highest BCUT2D eigenvalue weighted by molar-refractivity contribution is 5.97. The maximum atomic E-state index is 13.3. The van der Waals surface area contributed by atoms with Gasteiger partial charge in [0.2, 0.25) is 29.5 Å². The normalized spacial score (nSPS) is 16.3. The zero-order chi connectivity index (χ0) is 32.0. The molecule has 0 aliphatic carbocycles. The Morgan fingerprint density at radius 3 is 1.44 bits per heavy atom. The van der Waals surface area contributed by atoms with Crippen molar-refractivity contribution < 1.29 is 43.8 Å². The van der Waals surface area contributed by atoms with E-state index in [2.05, 4.69) is 26.6 Å². The number of nitrogens with two attached hydrogens (primary N) is 1. The lowest BCUT2D eigenvalue weighted by Gasteiger charge is -2.28. The van der Waals surface area contributed by atoms with Crippen molar-refractivity contribution in [2.24, 2.45) is 17.6 Å². The van der Waals surface area contributed by atoms with Gasteiger partial charge in [0.15, 0.2) is 0 Å². The van der Waals surface area contributed by atoms with Crippen LogP contribution in [0.4, 0.5) is 0 Å². The van der Waals surface area contributed by atoms with Crippen molar-refractivity contribution in [2.75, 3.05) is 0 Å². The monoisotopic (exact) mass is 586 g/mol. The summed E-state index contributed by atoms with van der Waals surface area (Å²) in [4.78, 5) is 86.2. The van der Waals surface area contributed by atoms with E-state index in [0.29, 0.717) is 6.29 Å². The van der Waals surface area contributed by atoms with Gasteiger partial charge >= 0.3 is 5.97 Å². The standard InChI is InChI=1S/C26H46N6O9/c1-12(2)8-17(24(39)30-19(10-20(35)36)23(38)28-14(5)11-33)29-25(40)18(9-13(3)4)31-26(41)21(16(7)34)32-22(37)15(6)27/h11-19,21,34H,8-10,27H2,1-7H3,(H,28,38)(H,29,40)(H,30,39)(H,31,41)(H,32,37)(H,35,36)/t14-,15-,16+,17-,18-,19-,21-/m0/s1. The molecule has 5 amide bonds. The van der Waals surface area contributed by atoms with Crippen LogP contribution in [0.25, 0.3) is 0 Å². The second-order valence-electron chi connectivity index (χ2n) is 11.0. The van der Waals surface area contributed by atoms with Crippen molar-refractivity contribution in [3.05, 3.63) is 0 Å². The minimum Gasteiger partial charge on any atom is -0.481 e. The smallest absolute Gasteiger partial charge is 0.305 e. The number of aliphatic carboxylic acids is 1. The largest absolute Gasteiger partial charge is 0.481 e. The molecule has 0 heterocycles. The van der Waals surface area contributed by atoms with E-state index >= 15 is 0 Å². The molecular formula is C26H46N6O9. The molecular weight excluding hydrogens is 540 g/mol. The lowest BCUT2D eigenvalue weighted by atomic mass is 9.99. The third kappa shape index (κ3) is 14.6. The third-order valence-corrected chi connectivity index (χ3v) is 5.74. The number of carbonyl (C=O) groups is 7. The summed E-state index contributed by atoms with van der Waals surface area (Å²) in [5.41, 5.74) is 5.53. The van der Waals surface area contributed by atoms with E-state index in [-0.39, 0.29) is 24.7 Å². The number of hydrogen-bond acceptors (Lipinski definition) is 9. The van der Waals surface area contributed by atoms with Gasteiger partial charge in [-0.1, -0.05) is 27.7 Å². The summed E-state index contributed by atoms with van der Waals surface area (Å²) in [6.45, 7) is 11.2. The topological polar surface area (TPSA) is 246 Å². The predicted octanol–water partition coefficient (Wildman–Crippen LogP) is -2.08. The van der Waals surface area contributed by atoms with Gasteiger partial charge in [0.05, 0.1) is 24.6 Å². The Morgan fingerprint density at radius 2 is 1.07 bits per heavy atom. The fourth-order valence-electron chi connectivity index (χ4n) is 3.64. The number of aldehydes is 1. The third-order valence-electron chi connectivity index (χ3n) is 5.74. The molecule has 0 aliphatic heterocycles. The van der Waals surface area contributed by atoms with E-state index in [9.17, 15) is 43.8 Å². The van der Waals surface area contributed by atoms with E-state index in [4.69, 9.17) is 5.73 Å². The number of nitrogens with one attached hydrogen (secondary N) is 5. The molecule has 0 saturated heterocycles. The van der Waals surface area contributed by atoms with Crippen LogP contribution in [0.2, 0.25) is 0 Å². The molecule has 15 heteroatoms. The van der Waals surface area contributed by atoms with Crippen molar-refractivity contribution in [2.45, 2.75) is 110 Å². The fourth-order valence-corrected chi connectivity index (χ4v) is 3.64. The second-order valence-corrected chi connectivity index (χ2v) is 11.0. The highest BCUT2D eigenvalue weighted by Crippen LogP contribution is 2.10. The molecule has 7 atom stereocenters. The van der Waals surface area contributed by atoms with Gasteiger partial charge in [-0.25, -0.2) is 0 Å². The summed E-state index contributed by atoms with van der Waals surface area (Å²) in [7, 11) is 0. The van der Waals surface area contributed by atoms with E-state index in [1.807, 2.05) is 0 Å². The Kier molecular flexibility index (Phi) is 16.4. The molecule has 0 aliphatic rings. The van der Waals surface area contributed by atoms with Crippen LogP contribution < -0.4 is 32.3 Å². The van der Waals surface area contributed by atoms with Gasteiger partial charge in [-0.2, -0.15) is 0 Å². The molecule has 0 radical (unpaired) electrons. The van der Waals surface area contributed by atoms with Crippen LogP contribution in [-0.4, -0.2) is 94.4 Å². The van der Waals surface area contributed by atoms with Crippen molar-refractivity contribution >= 4 is 41.8 Å². The SMILES string of the molecule is CC(C)C[C@H](NC(=O)[C@H](CC(C)C)NC(=O)[C@@H](NC(=O)[C@H](C)N)[C@@H](C)O)C(=O)N[C@@H](CC(=O)O)C(=O)N[C@@H](C)C=O. The van der Waals surface area contributed by atoms with Crippen molar-refractivity contribution in [3.8, 4) is 0 Å². The Morgan fingerprint density at radius 1 is 0.659 bits per heavy atom. The first-order valence-corrected chi connectivity index (χ1v) is 13.5. The minimum atomic E-state index is -1.53. The van der Waals surface area contributed by atoms with Crippen LogP contribution >= 0.6 is 0 Å². The van der Waals surface area contributed by atoms with Crippen molar-refractivity contribution in [1.82, 2.24) is 26.6 Å². The first-order chi connectivity index (χ1) is 18.9. The molecule has 0 fully saturated rings. The molecule has 41 heavy (non-hydrogen) atoms. The van der Waals surface area contributed by atoms with Gasteiger partial charge in [0, 0.05) is 0 Å². The maximum Gasteiger partial charge on any atom is 0.305 e. The lowest BCUT2D eigenvalue weighted by Crippen LogP contribution is -2.61. The number of carboxylic acid groups (broad SMARTS) is 1. The number of carbonyl (C=O) groups excluding carboxylic acids is 6. The summed E-state index contributed by atoms with van der Waals surface area (Å²) < 4.78 is 0. The lowest BCUT2D eigenvalue weighted by molar-refractivity contribution is -0.141. The molecule has 0 saturated carbocycles. The molecule has 0 aromatic carbocycles. The quantitative estimate of drug-likeness (QED) is 0.0815. The second kappa shape index (κ2) is 18.0. The number of carboxylic acids is 1. The highest BCUT2D eigenvalue weighted by atomic mass is 16.4. The molecule has 0 aromatic heterocycles. The average Bonchev–Trinajstić information content (AvgIpc) is 2.84.